The molecule has 164 valence electrons. The van der Waals surface area contributed by atoms with Crippen molar-refractivity contribution in [3.05, 3.63) is 88.0 Å². The molecule has 1 aromatic heterocycles. The first-order valence-corrected chi connectivity index (χ1v) is 9.93. The van der Waals surface area contributed by atoms with Gasteiger partial charge in [0, 0.05) is 18.2 Å². The molecule has 0 saturated carbocycles. The Morgan fingerprint density at radius 3 is 2.15 bits per heavy atom. The largest absolute Gasteiger partial charge is 0.476 e. The molecule has 0 saturated heterocycles. The predicted octanol–water partition coefficient (Wildman–Crippen LogP) is 2.06. The summed E-state index contributed by atoms with van der Waals surface area (Å²) in [5.74, 6) is -4.68. The second-order valence-electron chi connectivity index (χ2n) is 7.74. The Balaban J connectivity index is 1.50. The van der Waals surface area contributed by atoms with Crippen molar-refractivity contribution in [1.82, 2.24) is 14.5 Å². The Hall–Kier alpha value is -4.60. The molecule has 2 aliphatic rings. The number of carbonyl (C=O) groups excluding carboxylic acids is 3. The zero-order valence-corrected chi connectivity index (χ0v) is 16.9. The van der Waals surface area contributed by atoms with Gasteiger partial charge in [0.2, 0.25) is 5.82 Å². The second kappa shape index (κ2) is 7.23. The van der Waals surface area contributed by atoms with E-state index in [1.165, 1.54) is 0 Å². The lowest BCUT2D eigenvalue weighted by Crippen LogP contribution is -2.29. The molecule has 0 bridgehead atoms. The number of carbonyl (C=O) groups is 5. The Morgan fingerprint density at radius 1 is 0.909 bits per heavy atom. The number of ketones is 1. The van der Waals surface area contributed by atoms with Crippen molar-refractivity contribution in [2.45, 2.75) is 19.0 Å². The molecule has 5 rings (SSSR count). The Bertz CT molecular complexity index is 1370. The van der Waals surface area contributed by atoms with E-state index in [0.717, 1.165) is 15.7 Å². The number of hydrogen-bond acceptors (Lipinski definition) is 6. The normalized spacial score (nSPS) is 16.8. The molecule has 3 aromatic rings. The van der Waals surface area contributed by atoms with Crippen molar-refractivity contribution >= 4 is 29.5 Å². The van der Waals surface area contributed by atoms with E-state index in [9.17, 15) is 34.2 Å². The molecule has 1 aliphatic carbocycles. The van der Waals surface area contributed by atoms with E-state index >= 15 is 0 Å². The summed E-state index contributed by atoms with van der Waals surface area (Å²) >= 11 is 0. The number of carboxylic acid groups (broad SMARTS) is 2. The number of imide groups is 1. The maximum atomic E-state index is 13.1. The maximum absolute atomic E-state index is 13.1. The molecular formula is C23H15N3O7. The predicted molar refractivity (Wildman–Crippen MR) is 110 cm³/mol. The first kappa shape index (κ1) is 20.3. The van der Waals surface area contributed by atoms with Gasteiger partial charge in [-0.05, 0) is 23.3 Å². The SMILES string of the molecule is O=C(O)c1cn(C2Cc3c(CN4C(=O)c5ccccc5C4=O)cccc3C2=O)c(C(=O)O)n1. The number of fused-ring (bicyclic) bond motifs is 2. The van der Waals surface area contributed by atoms with Crippen LogP contribution in [-0.2, 0) is 13.0 Å². The van der Waals surface area contributed by atoms with Crippen LogP contribution in [0.5, 0.6) is 0 Å². The third kappa shape index (κ3) is 3.03. The number of aromatic carboxylic acids is 2. The number of Topliss-reactive ketones (excluding diaryl/α,β-unsaturated/α-hetero) is 1. The fourth-order valence-corrected chi connectivity index (χ4v) is 4.39. The smallest absolute Gasteiger partial charge is 0.372 e. The molecule has 0 radical (unpaired) electrons. The van der Waals surface area contributed by atoms with Gasteiger partial charge in [0.05, 0.1) is 17.7 Å². The molecule has 2 N–H and O–H groups in total. The summed E-state index contributed by atoms with van der Waals surface area (Å²) < 4.78 is 1.06. The zero-order valence-electron chi connectivity index (χ0n) is 16.9. The Labute approximate surface area is 185 Å². The molecule has 10 heteroatoms. The fourth-order valence-electron chi connectivity index (χ4n) is 4.39. The lowest BCUT2D eigenvalue weighted by atomic mass is 10.0. The number of carboxylic acids is 2. The van der Waals surface area contributed by atoms with E-state index in [-0.39, 0.29) is 13.0 Å². The topological polar surface area (TPSA) is 147 Å². The van der Waals surface area contributed by atoms with Crippen LogP contribution < -0.4 is 0 Å². The van der Waals surface area contributed by atoms with Crippen LogP contribution in [0.2, 0.25) is 0 Å². The van der Waals surface area contributed by atoms with E-state index in [4.69, 9.17) is 0 Å². The molecule has 0 fully saturated rings. The number of rotatable bonds is 5. The van der Waals surface area contributed by atoms with Crippen LogP contribution >= 0.6 is 0 Å². The van der Waals surface area contributed by atoms with Gasteiger partial charge in [-0.25, -0.2) is 14.6 Å². The zero-order chi connectivity index (χ0) is 23.4. The van der Waals surface area contributed by atoms with Crippen LogP contribution in [0.1, 0.15) is 69.4 Å². The van der Waals surface area contributed by atoms with Crippen LogP contribution in [0.25, 0.3) is 0 Å². The molecule has 1 aliphatic heterocycles. The third-order valence-corrected chi connectivity index (χ3v) is 5.92. The van der Waals surface area contributed by atoms with Crippen LogP contribution in [0.3, 0.4) is 0 Å². The van der Waals surface area contributed by atoms with E-state index in [1.54, 1.807) is 42.5 Å². The minimum Gasteiger partial charge on any atom is -0.476 e. The highest BCUT2D eigenvalue weighted by molar-refractivity contribution is 6.21. The number of amides is 2. The highest BCUT2D eigenvalue weighted by Crippen LogP contribution is 2.35. The molecule has 1 atom stereocenters. The molecule has 0 spiro atoms. The van der Waals surface area contributed by atoms with Crippen molar-refractivity contribution < 1.29 is 34.2 Å². The Kier molecular flexibility index (Phi) is 4.45. The van der Waals surface area contributed by atoms with Crippen LogP contribution in [-0.4, -0.2) is 54.2 Å². The van der Waals surface area contributed by atoms with Crippen LogP contribution in [0, 0.1) is 0 Å². The molecule has 2 heterocycles. The van der Waals surface area contributed by atoms with Gasteiger partial charge in [0.25, 0.3) is 11.8 Å². The van der Waals surface area contributed by atoms with Crippen molar-refractivity contribution in [3.8, 4) is 0 Å². The first-order chi connectivity index (χ1) is 15.8. The molecule has 2 aromatic carbocycles. The standard InChI is InChI=1S/C23H15N3O7/c27-18-12-7-3-4-11(9-26-20(28)13-5-1-2-6-14(13)21(26)29)15(12)8-17(18)25-10-16(22(30)31)24-19(25)23(32)33/h1-7,10,17H,8-9H2,(H,30,31)(H,32,33). The van der Waals surface area contributed by atoms with Gasteiger partial charge in [0.1, 0.15) is 6.04 Å². The number of nitrogens with zero attached hydrogens (tertiary/aromatic N) is 3. The highest BCUT2D eigenvalue weighted by Gasteiger charge is 2.39. The van der Waals surface area contributed by atoms with Crippen LogP contribution in [0.15, 0.2) is 48.7 Å². The van der Waals surface area contributed by atoms with E-state index < -0.39 is 47.1 Å². The second-order valence-corrected chi connectivity index (χ2v) is 7.74. The van der Waals surface area contributed by atoms with Gasteiger partial charge >= 0.3 is 11.9 Å². The van der Waals surface area contributed by atoms with Gasteiger partial charge < -0.3 is 14.8 Å². The molecule has 2 amide bonds. The average molecular weight is 445 g/mol. The lowest BCUT2D eigenvalue weighted by Gasteiger charge is -2.16. The number of aromatic nitrogens is 2. The monoisotopic (exact) mass is 445 g/mol. The maximum Gasteiger partial charge on any atom is 0.372 e. The number of imidazole rings is 1. The summed E-state index contributed by atoms with van der Waals surface area (Å²) in [6.45, 7) is -0.0500. The van der Waals surface area contributed by atoms with Gasteiger partial charge in [-0.2, -0.15) is 0 Å². The summed E-state index contributed by atoms with van der Waals surface area (Å²) in [5.41, 5.74) is 1.63. The first-order valence-electron chi connectivity index (χ1n) is 9.93. The minimum atomic E-state index is -1.46. The summed E-state index contributed by atoms with van der Waals surface area (Å²) in [5, 5.41) is 18.6. The van der Waals surface area contributed by atoms with Crippen LogP contribution in [0.4, 0.5) is 0 Å². The average Bonchev–Trinajstić information content (AvgIpc) is 3.45. The minimum absolute atomic E-state index is 0.0500. The van der Waals surface area contributed by atoms with Crippen molar-refractivity contribution in [2.24, 2.45) is 0 Å². The van der Waals surface area contributed by atoms with Gasteiger partial charge in [-0.3, -0.25) is 19.3 Å². The number of hydrogen-bond donors (Lipinski definition) is 2. The van der Waals surface area contributed by atoms with Crippen molar-refractivity contribution in [2.75, 3.05) is 0 Å². The molecular weight excluding hydrogens is 430 g/mol. The quantitative estimate of drug-likeness (QED) is 0.567. The molecule has 1 unspecified atom stereocenters. The van der Waals surface area contributed by atoms with Gasteiger partial charge in [-0.15, -0.1) is 0 Å². The molecule has 33 heavy (non-hydrogen) atoms. The van der Waals surface area contributed by atoms with Gasteiger partial charge in [-0.1, -0.05) is 30.3 Å². The number of benzene rings is 2. The van der Waals surface area contributed by atoms with E-state index in [2.05, 4.69) is 4.98 Å². The summed E-state index contributed by atoms with van der Waals surface area (Å²) in [7, 11) is 0. The lowest BCUT2D eigenvalue weighted by molar-refractivity contribution is 0.0634. The highest BCUT2D eigenvalue weighted by atomic mass is 16.4. The third-order valence-electron chi connectivity index (χ3n) is 5.92. The summed E-state index contributed by atoms with van der Waals surface area (Å²) in [6, 6.07) is 10.4. The van der Waals surface area contributed by atoms with Crippen molar-refractivity contribution in [1.29, 1.82) is 0 Å². The van der Waals surface area contributed by atoms with E-state index in [0.29, 0.717) is 27.8 Å². The molecule has 10 nitrogen and oxygen atoms in total. The fraction of sp³-hybridized carbons (Fsp3) is 0.130. The van der Waals surface area contributed by atoms with Crippen molar-refractivity contribution in [3.63, 3.8) is 0 Å². The summed E-state index contributed by atoms with van der Waals surface area (Å²) in [6.07, 6.45) is 1.10. The van der Waals surface area contributed by atoms with E-state index in [1.807, 2.05) is 0 Å². The van der Waals surface area contributed by atoms with Gasteiger partial charge in [0.15, 0.2) is 11.5 Å². The summed E-state index contributed by atoms with van der Waals surface area (Å²) in [4.78, 5) is 66.2. The Morgan fingerprint density at radius 2 is 1.55 bits per heavy atom.